The fraction of sp³-hybridized carbons (Fsp3) is 0.412. The number of likely N-dealkylation sites (tertiary alicyclic amines) is 1. The number of rotatable bonds is 11. The number of β-lactam (4-membered cyclic amide) rings is 1. The minimum atomic E-state index is -6.31. The van der Waals surface area contributed by atoms with Gasteiger partial charge in [-0.25, -0.2) is 4.79 Å². The van der Waals surface area contributed by atoms with Crippen LogP contribution in [0.4, 0.5) is 13.2 Å². The Bertz CT molecular complexity index is 1250. The minimum Gasteiger partial charge on any atom is -0.459 e. The molecular formula is C17H17F3N4O9S2. The third kappa shape index (κ3) is 6.84. The molecule has 1 amide bonds. The van der Waals surface area contributed by atoms with E-state index >= 15 is 0 Å². The van der Waals surface area contributed by atoms with Crippen LogP contribution in [0.15, 0.2) is 47.8 Å². The molecule has 2 rings (SSSR count). The van der Waals surface area contributed by atoms with Gasteiger partial charge in [0.25, 0.3) is 10.1 Å². The maximum Gasteiger partial charge on any atom is 0.534 e. The van der Waals surface area contributed by atoms with Crippen molar-refractivity contribution in [1.29, 1.82) is 0 Å². The van der Waals surface area contributed by atoms with E-state index in [0.29, 0.717) is 16.7 Å². The summed E-state index contributed by atoms with van der Waals surface area (Å²) in [6, 6.07) is 2.40. The number of hydrogen-bond acceptors (Lipinski definition) is 10. The van der Waals surface area contributed by atoms with Crippen molar-refractivity contribution in [1.82, 2.24) is 4.90 Å². The van der Waals surface area contributed by atoms with Crippen LogP contribution < -0.4 is 0 Å². The minimum absolute atomic E-state index is 0.409. The maximum absolute atomic E-state index is 12.8. The second kappa shape index (κ2) is 10.5. The Morgan fingerprint density at radius 3 is 2.37 bits per heavy atom. The van der Waals surface area contributed by atoms with Crippen molar-refractivity contribution < 1.29 is 52.7 Å². The maximum atomic E-state index is 12.8. The van der Waals surface area contributed by atoms with Crippen molar-refractivity contribution in [2.45, 2.75) is 30.2 Å². The van der Waals surface area contributed by atoms with Gasteiger partial charge in [-0.2, -0.15) is 30.0 Å². The molecule has 1 unspecified atom stereocenters. The van der Waals surface area contributed by atoms with E-state index in [1.807, 2.05) is 0 Å². The first-order valence-electron chi connectivity index (χ1n) is 9.20. The number of hydrogen-bond donors (Lipinski definition) is 0. The molecule has 3 atom stereocenters. The average molecular weight is 542 g/mol. The number of nitrogens with zero attached hydrogens (tertiary/aromatic N) is 4. The van der Waals surface area contributed by atoms with E-state index in [0.717, 1.165) is 0 Å². The Balaban J connectivity index is 2.41. The normalized spacial score (nSPS) is 19.2. The van der Waals surface area contributed by atoms with Gasteiger partial charge in [-0.1, -0.05) is 42.0 Å². The SMILES string of the molecule is C=C(OS(=O)(=O)C(F)(F)F)C(C(=O)OCc1ccccc1)N1C(=O)[C@@H](N=[N+]=[N-])[C@H]1COS(C)(=O)=O. The summed E-state index contributed by atoms with van der Waals surface area (Å²) in [6.07, 6.45) is 0.643. The first kappa shape index (κ1) is 27.9. The first-order chi connectivity index (χ1) is 16.1. The quantitative estimate of drug-likeness (QED) is 0.0582. The van der Waals surface area contributed by atoms with Gasteiger partial charge in [0.15, 0.2) is 6.04 Å². The van der Waals surface area contributed by atoms with Crippen LogP contribution in [-0.2, 0) is 49.5 Å². The third-order valence-electron chi connectivity index (χ3n) is 4.39. The molecule has 1 aromatic carbocycles. The summed E-state index contributed by atoms with van der Waals surface area (Å²) in [5, 5.41) is 3.15. The molecule has 1 aromatic rings. The van der Waals surface area contributed by atoms with E-state index in [1.165, 1.54) is 12.1 Å². The molecule has 0 aromatic heterocycles. The summed E-state index contributed by atoms with van der Waals surface area (Å²) in [7, 11) is -10.4. The van der Waals surface area contributed by atoms with Gasteiger partial charge in [-0.3, -0.25) is 8.98 Å². The number of ether oxygens (including phenoxy) is 1. The average Bonchev–Trinajstić information content (AvgIpc) is 2.74. The lowest BCUT2D eigenvalue weighted by Crippen LogP contribution is -2.70. The molecule has 13 nitrogen and oxygen atoms in total. The van der Waals surface area contributed by atoms with Crippen LogP contribution >= 0.6 is 0 Å². The monoisotopic (exact) mass is 542 g/mol. The van der Waals surface area contributed by atoms with Crippen molar-refractivity contribution in [3.05, 3.63) is 58.7 Å². The molecule has 0 bridgehead atoms. The fourth-order valence-electron chi connectivity index (χ4n) is 2.86. The highest BCUT2D eigenvalue weighted by molar-refractivity contribution is 7.87. The summed E-state index contributed by atoms with van der Waals surface area (Å²) in [5.74, 6) is -4.02. The highest BCUT2D eigenvalue weighted by Gasteiger charge is 2.56. The zero-order valence-corrected chi connectivity index (χ0v) is 19.3. The predicted octanol–water partition coefficient (Wildman–Crippen LogP) is 1.34. The highest BCUT2D eigenvalue weighted by atomic mass is 32.2. The van der Waals surface area contributed by atoms with E-state index < -0.39 is 74.7 Å². The molecule has 192 valence electrons. The smallest absolute Gasteiger partial charge is 0.459 e. The number of esters is 1. The zero-order chi connectivity index (χ0) is 26.6. The molecule has 0 saturated carbocycles. The van der Waals surface area contributed by atoms with E-state index in [-0.39, 0.29) is 0 Å². The van der Waals surface area contributed by atoms with Crippen LogP contribution in [0.3, 0.4) is 0 Å². The molecule has 1 fully saturated rings. The van der Waals surface area contributed by atoms with E-state index in [1.54, 1.807) is 18.2 Å². The van der Waals surface area contributed by atoms with E-state index in [4.69, 9.17) is 10.3 Å². The Morgan fingerprint density at radius 1 is 1.26 bits per heavy atom. The first-order valence-corrected chi connectivity index (χ1v) is 12.4. The van der Waals surface area contributed by atoms with Crippen LogP contribution in [0.2, 0.25) is 0 Å². The lowest BCUT2D eigenvalue weighted by Gasteiger charge is -2.47. The summed E-state index contributed by atoms with van der Waals surface area (Å²) in [5.41, 5.74) is 3.17. The topological polar surface area (TPSA) is 182 Å². The number of azide groups is 1. The van der Waals surface area contributed by atoms with E-state index in [9.17, 15) is 39.6 Å². The summed E-state index contributed by atoms with van der Waals surface area (Å²) >= 11 is 0. The van der Waals surface area contributed by atoms with Crippen LogP contribution in [0.5, 0.6) is 0 Å². The molecule has 0 spiro atoms. The lowest BCUT2D eigenvalue weighted by atomic mass is 9.93. The van der Waals surface area contributed by atoms with Crippen LogP contribution in [0.1, 0.15) is 5.56 Å². The molecule has 0 radical (unpaired) electrons. The van der Waals surface area contributed by atoms with Crippen LogP contribution in [-0.4, -0.2) is 70.1 Å². The largest absolute Gasteiger partial charge is 0.534 e. The molecule has 35 heavy (non-hydrogen) atoms. The van der Waals surface area contributed by atoms with Gasteiger partial charge in [-0.05, 0) is 11.1 Å². The fourth-order valence-corrected chi connectivity index (χ4v) is 3.71. The van der Waals surface area contributed by atoms with Crippen molar-refractivity contribution in [2.75, 3.05) is 12.9 Å². The summed E-state index contributed by atoms with van der Waals surface area (Å²) in [4.78, 5) is 28.2. The van der Waals surface area contributed by atoms with Gasteiger partial charge in [-0.15, -0.1) is 0 Å². The number of benzene rings is 1. The molecule has 1 aliphatic rings. The summed E-state index contributed by atoms with van der Waals surface area (Å²) in [6.45, 7) is 1.69. The van der Waals surface area contributed by atoms with Gasteiger partial charge < -0.3 is 13.8 Å². The molecule has 1 saturated heterocycles. The van der Waals surface area contributed by atoms with Crippen LogP contribution in [0, 0.1) is 0 Å². The Labute approximate surface area is 196 Å². The number of carbonyl (C=O) groups excluding carboxylic acids is 2. The lowest BCUT2D eigenvalue weighted by molar-refractivity contribution is -0.168. The molecule has 18 heteroatoms. The Hall–Kier alpha value is -3.34. The Kier molecular flexibility index (Phi) is 8.38. The second-order valence-electron chi connectivity index (χ2n) is 6.90. The van der Waals surface area contributed by atoms with Crippen LogP contribution in [0.25, 0.3) is 10.4 Å². The summed E-state index contributed by atoms with van der Waals surface area (Å²) < 4.78 is 97.5. The van der Waals surface area contributed by atoms with Gasteiger partial charge in [0, 0.05) is 4.91 Å². The highest BCUT2D eigenvalue weighted by Crippen LogP contribution is 2.33. The Morgan fingerprint density at radius 2 is 1.86 bits per heavy atom. The van der Waals surface area contributed by atoms with Crippen molar-refractivity contribution in [3.63, 3.8) is 0 Å². The predicted molar refractivity (Wildman–Crippen MR) is 110 cm³/mol. The van der Waals surface area contributed by atoms with Crippen molar-refractivity contribution in [3.8, 4) is 0 Å². The van der Waals surface area contributed by atoms with Gasteiger partial charge >= 0.3 is 21.6 Å². The van der Waals surface area contributed by atoms with Gasteiger partial charge in [0.05, 0.1) is 18.9 Å². The molecular weight excluding hydrogens is 525 g/mol. The van der Waals surface area contributed by atoms with Gasteiger partial charge in [0.2, 0.25) is 5.91 Å². The number of alkyl halides is 3. The second-order valence-corrected chi connectivity index (χ2v) is 10.1. The standard InChI is InChI=1S/C17H17F3N4O9S2/c1-10(33-35(29,30)17(18,19)20)14(16(26)31-8-11-6-4-3-5-7-11)24-12(9-32-34(2,27)28)13(15(24)25)22-23-21/h3-7,12-14H,1,8-9H2,2H3/t12-,13+,14?/m1/s1. The number of carbonyl (C=O) groups is 2. The molecule has 1 heterocycles. The number of halogens is 3. The van der Waals surface area contributed by atoms with Crippen molar-refractivity contribution >= 4 is 32.1 Å². The van der Waals surface area contributed by atoms with Gasteiger partial charge in [0.1, 0.15) is 18.4 Å². The zero-order valence-electron chi connectivity index (χ0n) is 17.7. The number of amides is 1. The molecule has 0 aliphatic carbocycles. The molecule has 1 aliphatic heterocycles. The van der Waals surface area contributed by atoms with Crippen molar-refractivity contribution in [2.24, 2.45) is 5.11 Å². The van der Waals surface area contributed by atoms with E-state index in [2.05, 4.69) is 25.0 Å². The third-order valence-corrected chi connectivity index (χ3v) is 5.95. The molecule has 0 N–H and O–H groups in total.